The Morgan fingerprint density at radius 3 is 2.83 bits per heavy atom. The fraction of sp³-hybridized carbons (Fsp3) is 0.267. The van der Waals surface area contributed by atoms with E-state index in [1.54, 1.807) is 6.07 Å². The molecule has 0 amide bonds. The standard InChI is InChI=1S/C15H16N2O/c1-3-5-12-15-10(8-13(18)16-12)14-9(2)6-4-7-11(14)17-15/h4,6-8,17H,3,5H2,1-2H3,(H,16,18). The van der Waals surface area contributed by atoms with E-state index < -0.39 is 0 Å². The monoisotopic (exact) mass is 240 g/mol. The summed E-state index contributed by atoms with van der Waals surface area (Å²) in [6.07, 6.45) is 1.90. The van der Waals surface area contributed by atoms with E-state index in [1.165, 1.54) is 5.56 Å². The van der Waals surface area contributed by atoms with Gasteiger partial charge in [0.2, 0.25) is 5.56 Å². The number of benzene rings is 1. The summed E-state index contributed by atoms with van der Waals surface area (Å²) in [6.45, 7) is 4.20. The second-order valence-electron chi connectivity index (χ2n) is 4.77. The van der Waals surface area contributed by atoms with Gasteiger partial charge in [0.25, 0.3) is 0 Å². The Kier molecular flexibility index (Phi) is 2.47. The SMILES string of the molecule is CCCc1[nH]c(=O)cc2c1[nH]c1cccc(C)c12. The molecular weight excluding hydrogens is 224 g/mol. The van der Waals surface area contributed by atoms with Gasteiger partial charge in [0, 0.05) is 28.0 Å². The average Bonchev–Trinajstić information content (AvgIpc) is 2.69. The molecule has 0 spiro atoms. The molecule has 0 fully saturated rings. The van der Waals surface area contributed by atoms with Crippen molar-refractivity contribution in [2.75, 3.05) is 0 Å². The number of hydrogen-bond acceptors (Lipinski definition) is 1. The van der Waals surface area contributed by atoms with Crippen molar-refractivity contribution in [2.45, 2.75) is 26.7 Å². The molecule has 0 saturated heterocycles. The third-order valence-corrected chi connectivity index (χ3v) is 3.42. The van der Waals surface area contributed by atoms with Gasteiger partial charge in [-0.15, -0.1) is 0 Å². The van der Waals surface area contributed by atoms with Gasteiger partial charge in [0.1, 0.15) is 0 Å². The molecule has 2 heterocycles. The second-order valence-corrected chi connectivity index (χ2v) is 4.77. The molecule has 92 valence electrons. The van der Waals surface area contributed by atoms with Crippen LogP contribution in [-0.4, -0.2) is 9.97 Å². The predicted molar refractivity (Wildman–Crippen MR) is 75.2 cm³/mol. The van der Waals surface area contributed by atoms with Gasteiger partial charge in [-0.1, -0.05) is 25.5 Å². The molecule has 2 N–H and O–H groups in total. The number of pyridine rings is 1. The fourth-order valence-corrected chi connectivity index (χ4v) is 2.65. The first-order valence-electron chi connectivity index (χ1n) is 6.34. The highest BCUT2D eigenvalue weighted by Crippen LogP contribution is 2.28. The molecule has 0 radical (unpaired) electrons. The first-order chi connectivity index (χ1) is 8.70. The Bertz CT molecular complexity index is 780. The lowest BCUT2D eigenvalue weighted by Gasteiger charge is -2.01. The fourth-order valence-electron chi connectivity index (χ4n) is 2.65. The van der Waals surface area contributed by atoms with E-state index in [4.69, 9.17) is 0 Å². The van der Waals surface area contributed by atoms with Gasteiger partial charge in [-0.05, 0) is 25.0 Å². The van der Waals surface area contributed by atoms with Crippen molar-refractivity contribution in [1.29, 1.82) is 0 Å². The first-order valence-corrected chi connectivity index (χ1v) is 6.34. The topological polar surface area (TPSA) is 48.6 Å². The molecule has 3 rings (SSSR count). The number of H-pyrrole nitrogens is 2. The molecule has 3 nitrogen and oxygen atoms in total. The zero-order valence-electron chi connectivity index (χ0n) is 10.6. The molecule has 3 heteroatoms. The minimum Gasteiger partial charge on any atom is -0.353 e. The van der Waals surface area contributed by atoms with E-state index in [9.17, 15) is 4.79 Å². The molecule has 0 unspecified atom stereocenters. The summed E-state index contributed by atoms with van der Waals surface area (Å²) in [7, 11) is 0. The van der Waals surface area contributed by atoms with Crippen LogP contribution >= 0.6 is 0 Å². The molecule has 0 aliphatic carbocycles. The van der Waals surface area contributed by atoms with Crippen LogP contribution in [0.2, 0.25) is 0 Å². The van der Waals surface area contributed by atoms with E-state index in [-0.39, 0.29) is 5.56 Å². The molecule has 0 bridgehead atoms. The summed E-state index contributed by atoms with van der Waals surface area (Å²) < 4.78 is 0. The quantitative estimate of drug-likeness (QED) is 0.709. The second kappa shape index (κ2) is 4.02. The van der Waals surface area contributed by atoms with Crippen molar-refractivity contribution < 1.29 is 0 Å². The van der Waals surface area contributed by atoms with E-state index in [1.807, 2.05) is 6.07 Å². The predicted octanol–water partition coefficient (Wildman–Crippen LogP) is 3.27. The van der Waals surface area contributed by atoms with Crippen LogP contribution in [0.4, 0.5) is 0 Å². The highest BCUT2D eigenvalue weighted by Gasteiger charge is 2.10. The number of nitrogens with one attached hydrogen (secondary N) is 2. The normalized spacial score (nSPS) is 11.4. The Hall–Kier alpha value is -2.03. The number of rotatable bonds is 2. The van der Waals surface area contributed by atoms with Gasteiger partial charge in [0.05, 0.1) is 5.52 Å². The van der Waals surface area contributed by atoms with Gasteiger partial charge in [-0.25, -0.2) is 0 Å². The van der Waals surface area contributed by atoms with Crippen molar-refractivity contribution in [3.8, 4) is 0 Å². The summed E-state index contributed by atoms with van der Waals surface area (Å²) in [5, 5.41) is 2.20. The zero-order valence-corrected chi connectivity index (χ0v) is 10.6. The summed E-state index contributed by atoms with van der Waals surface area (Å²) >= 11 is 0. The number of hydrogen-bond donors (Lipinski definition) is 2. The number of aryl methyl sites for hydroxylation is 2. The van der Waals surface area contributed by atoms with E-state index in [0.29, 0.717) is 0 Å². The summed E-state index contributed by atoms with van der Waals surface area (Å²) in [6, 6.07) is 7.87. The molecule has 0 saturated carbocycles. The van der Waals surface area contributed by atoms with E-state index in [2.05, 4.69) is 35.9 Å². The van der Waals surface area contributed by atoms with Crippen molar-refractivity contribution in [1.82, 2.24) is 9.97 Å². The van der Waals surface area contributed by atoms with Gasteiger partial charge >= 0.3 is 0 Å². The van der Waals surface area contributed by atoms with Gasteiger partial charge in [0.15, 0.2) is 0 Å². The number of fused-ring (bicyclic) bond motifs is 3. The van der Waals surface area contributed by atoms with Gasteiger partial charge < -0.3 is 9.97 Å². The lowest BCUT2D eigenvalue weighted by atomic mass is 10.1. The maximum atomic E-state index is 11.8. The Morgan fingerprint density at radius 1 is 1.22 bits per heavy atom. The van der Waals surface area contributed by atoms with Crippen LogP contribution in [0, 0.1) is 6.92 Å². The van der Waals surface area contributed by atoms with Crippen molar-refractivity contribution in [2.24, 2.45) is 0 Å². The molecule has 1 aromatic carbocycles. The Labute approximate surface area is 105 Å². The molecule has 18 heavy (non-hydrogen) atoms. The van der Waals surface area contributed by atoms with Crippen LogP contribution in [0.15, 0.2) is 29.1 Å². The molecule has 2 aromatic heterocycles. The maximum absolute atomic E-state index is 11.8. The zero-order chi connectivity index (χ0) is 12.7. The molecule has 0 aliphatic heterocycles. The summed E-state index contributed by atoms with van der Waals surface area (Å²) in [5.41, 5.74) is 4.36. The Morgan fingerprint density at radius 2 is 2.06 bits per heavy atom. The summed E-state index contributed by atoms with van der Waals surface area (Å²) in [5.74, 6) is 0. The molecular formula is C15H16N2O. The average molecular weight is 240 g/mol. The minimum atomic E-state index is -0.0184. The number of aromatic nitrogens is 2. The smallest absolute Gasteiger partial charge is 0.248 e. The van der Waals surface area contributed by atoms with E-state index in [0.717, 1.165) is 40.3 Å². The number of aromatic amines is 2. The van der Waals surface area contributed by atoms with Crippen LogP contribution < -0.4 is 5.56 Å². The van der Waals surface area contributed by atoms with Crippen molar-refractivity contribution in [3.63, 3.8) is 0 Å². The van der Waals surface area contributed by atoms with Crippen LogP contribution in [0.1, 0.15) is 24.6 Å². The third kappa shape index (κ3) is 1.55. The Balaban J connectivity index is 2.50. The van der Waals surface area contributed by atoms with Crippen molar-refractivity contribution in [3.05, 3.63) is 45.9 Å². The largest absolute Gasteiger partial charge is 0.353 e. The van der Waals surface area contributed by atoms with Crippen LogP contribution in [0.5, 0.6) is 0 Å². The van der Waals surface area contributed by atoms with Gasteiger partial charge in [-0.2, -0.15) is 0 Å². The van der Waals surface area contributed by atoms with Crippen LogP contribution in [-0.2, 0) is 6.42 Å². The van der Waals surface area contributed by atoms with E-state index >= 15 is 0 Å². The van der Waals surface area contributed by atoms with Crippen LogP contribution in [0.25, 0.3) is 21.8 Å². The lowest BCUT2D eigenvalue weighted by Crippen LogP contribution is -2.07. The maximum Gasteiger partial charge on any atom is 0.248 e. The third-order valence-electron chi connectivity index (χ3n) is 3.42. The molecule has 3 aromatic rings. The highest BCUT2D eigenvalue weighted by atomic mass is 16.1. The summed E-state index contributed by atoms with van der Waals surface area (Å²) in [4.78, 5) is 18.1. The molecule has 0 atom stereocenters. The molecule has 0 aliphatic rings. The van der Waals surface area contributed by atoms with Crippen molar-refractivity contribution >= 4 is 21.8 Å². The first kappa shape index (κ1) is 11.1. The highest BCUT2D eigenvalue weighted by molar-refractivity contribution is 6.09. The van der Waals surface area contributed by atoms with Crippen LogP contribution in [0.3, 0.4) is 0 Å². The lowest BCUT2D eigenvalue weighted by molar-refractivity contribution is 0.884. The minimum absolute atomic E-state index is 0.0184. The van der Waals surface area contributed by atoms with Gasteiger partial charge in [-0.3, -0.25) is 4.79 Å².